The average molecular weight is 323 g/mol. The third kappa shape index (κ3) is 4.92. The molecule has 0 saturated heterocycles. The number of ether oxygens (including phenoxy) is 1. The van der Waals surface area contributed by atoms with Crippen LogP contribution in [0.3, 0.4) is 0 Å². The summed E-state index contributed by atoms with van der Waals surface area (Å²) in [6.07, 6.45) is 0.302. The molecule has 0 radical (unpaired) electrons. The van der Waals surface area contributed by atoms with Crippen LogP contribution in [0.5, 0.6) is 0 Å². The maximum atomic E-state index is 12.1. The van der Waals surface area contributed by atoms with Gasteiger partial charge >= 0.3 is 0 Å². The molecule has 1 atom stereocenters. The smallest absolute Gasteiger partial charge is 0.242 e. The number of methoxy groups -OCH3 is 1. The van der Waals surface area contributed by atoms with Gasteiger partial charge in [-0.1, -0.05) is 11.6 Å². The van der Waals surface area contributed by atoms with E-state index in [4.69, 9.17) is 22.1 Å². The summed E-state index contributed by atoms with van der Waals surface area (Å²) in [6.45, 7) is 1.70. The van der Waals surface area contributed by atoms with Crippen molar-refractivity contribution in [3.05, 3.63) is 23.2 Å². The Hall–Kier alpha value is -0.860. The van der Waals surface area contributed by atoms with Crippen LogP contribution in [-0.2, 0) is 14.8 Å². The Balaban J connectivity index is 2.83. The molecular weight excluding hydrogens is 304 g/mol. The van der Waals surface area contributed by atoms with Crippen LogP contribution >= 0.6 is 11.6 Å². The van der Waals surface area contributed by atoms with Gasteiger partial charge in [0.05, 0.1) is 10.6 Å². The molecule has 4 N–H and O–H groups in total. The van der Waals surface area contributed by atoms with E-state index < -0.39 is 15.6 Å². The van der Waals surface area contributed by atoms with E-state index in [0.29, 0.717) is 18.7 Å². The van der Waals surface area contributed by atoms with E-state index in [1.54, 1.807) is 0 Å². The second-order valence-corrected chi connectivity index (χ2v) is 6.90. The second kappa shape index (κ2) is 6.73. The van der Waals surface area contributed by atoms with Crippen LogP contribution in [0.4, 0.5) is 5.69 Å². The van der Waals surface area contributed by atoms with Gasteiger partial charge < -0.3 is 15.6 Å². The number of sulfonamides is 1. The molecule has 0 spiro atoms. The van der Waals surface area contributed by atoms with Crippen molar-refractivity contribution in [2.24, 2.45) is 0 Å². The average Bonchev–Trinajstić information content (AvgIpc) is 2.37. The lowest BCUT2D eigenvalue weighted by atomic mass is 10.0. The lowest BCUT2D eigenvalue weighted by Crippen LogP contribution is -2.41. The van der Waals surface area contributed by atoms with E-state index in [0.717, 1.165) is 0 Å². The lowest BCUT2D eigenvalue weighted by molar-refractivity contribution is 0.0292. The summed E-state index contributed by atoms with van der Waals surface area (Å²) in [5.74, 6) is 0. The quantitative estimate of drug-likeness (QED) is 0.650. The van der Waals surface area contributed by atoms with Crippen LogP contribution in [-0.4, -0.2) is 39.4 Å². The van der Waals surface area contributed by atoms with Gasteiger partial charge in [-0.2, -0.15) is 0 Å². The van der Waals surface area contributed by atoms with Crippen molar-refractivity contribution in [1.29, 1.82) is 0 Å². The molecule has 1 aromatic carbocycles. The predicted octanol–water partition coefficient (Wildman–Crippen LogP) is 0.988. The van der Waals surface area contributed by atoms with Gasteiger partial charge in [-0.15, -0.1) is 0 Å². The maximum Gasteiger partial charge on any atom is 0.242 e. The Labute approximate surface area is 123 Å². The summed E-state index contributed by atoms with van der Waals surface area (Å²) in [6, 6.07) is 4.19. The van der Waals surface area contributed by atoms with Gasteiger partial charge in [0.1, 0.15) is 4.90 Å². The molecule has 1 aromatic rings. The fourth-order valence-corrected chi connectivity index (χ4v) is 3.16. The summed E-state index contributed by atoms with van der Waals surface area (Å²) in [5.41, 5.74) is 4.64. The van der Waals surface area contributed by atoms with Crippen LogP contribution in [0, 0.1) is 0 Å². The number of halogens is 1. The molecule has 0 aliphatic rings. The van der Waals surface area contributed by atoms with Crippen LogP contribution in [0.2, 0.25) is 5.02 Å². The first kappa shape index (κ1) is 17.2. The topological polar surface area (TPSA) is 102 Å². The summed E-state index contributed by atoms with van der Waals surface area (Å²) < 4.78 is 31.4. The third-order valence-electron chi connectivity index (χ3n) is 2.73. The minimum Gasteiger partial charge on any atom is -0.399 e. The third-order valence-corrected chi connectivity index (χ3v) is 4.62. The zero-order valence-corrected chi connectivity index (χ0v) is 13.0. The number of anilines is 1. The van der Waals surface area contributed by atoms with Gasteiger partial charge in [0.25, 0.3) is 0 Å². The van der Waals surface area contributed by atoms with Crippen LogP contribution in [0.25, 0.3) is 0 Å². The molecule has 0 saturated carbocycles. The minimum absolute atomic E-state index is 0.0724. The van der Waals surface area contributed by atoms with Crippen molar-refractivity contribution < 1.29 is 18.3 Å². The highest BCUT2D eigenvalue weighted by Crippen LogP contribution is 2.23. The number of rotatable bonds is 7. The van der Waals surface area contributed by atoms with E-state index in [9.17, 15) is 13.5 Å². The van der Waals surface area contributed by atoms with E-state index in [2.05, 4.69) is 4.72 Å². The number of hydrogen-bond acceptors (Lipinski definition) is 5. The molecule has 8 heteroatoms. The normalized spacial score (nSPS) is 15.0. The van der Waals surface area contributed by atoms with E-state index >= 15 is 0 Å². The standard InChI is InChI=1S/C12H19ClN2O4S/c1-12(16,5-6-19-2)8-15-20(17,18)11-7-9(14)3-4-10(11)13/h3-4,7,15-16H,5-6,8,14H2,1-2H3. The molecule has 6 nitrogen and oxygen atoms in total. The van der Waals surface area contributed by atoms with Crippen molar-refractivity contribution in [2.45, 2.75) is 23.8 Å². The van der Waals surface area contributed by atoms with Crippen molar-refractivity contribution in [3.8, 4) is 0 Å². The Morgan fingerprint density at radius 3 is 2.75 bits per heavy atom. The summed E-state index contributed by atoms with van der Waals surface area (Å²) in [4.78, 5) is -0.110. The highest BCUT2D eigenvalue weighted by Gasteiger charge is 2.25. The molecule has 0 amide bonds. The number of nitrogen functional groups attached to an aromatic ring is 1. The Morgan fingerprint density at radius 2 is 2.15 bits per heavy atom. The molecule has 0 heterocycles. The fraction of sp³-hybridized carbons (Fsp3) is 0.500. The summed E-state index contributed by atoms with van der Waals surface area (Å²) in [5, 5.41) is 10.1. The van der Waals surface area contributed by atoms with Crippen molar-refractivity contribution >= 4 is 27.3 Å². The number of hydrogen-bond donors (Lipinski definition) is 3. The molecule has 114 valence electrons. The molecule has 0 fully saturated rings. The number of benzene rings is 1. The molecular formula is C12H19ClN2O4S. The Morgan fingerprint density at radius 1 is 1.50 bits per heavy atom. The molecule has 1 rings (SSSR count). The monoisotopic (exact) mass is 322 g/mol. The van der Waals surface area contributed by atoms with Crippen LogP contribution in [0.15, 0.2) is 23.1 Å². The first-order valence-electron chi connectivity index (χ1n) is 5.94. The van der Waals surface area contributed by atoms with Gasteiger partial charge in [0.2, 0.25) is 10.0 Å². The first-order chi connectivity index (χ1) is 9.18. The number of nitrogens with two attached hydrogens (primary N) is 1. The van der Waals surface area contributed by atoms with Gasteiger partial charge in [-0.05, 0) is 25.1 Å². The van der Waals surface area contributed by atoms with Crippen molar-refractivity contribution in [1.82, 2.24) is 4.72 Å². The first-order valence-corrected chi connectivity index (χ1v) is 7.80. The summed E-state index contributed by atoms with van der Waals surface area (Å²) in [7, 11) is -2.33. The highest BCUT2D eigenvalue weighted by molar-refractivity contribution is 7.89. The van der Waals surface area contributed by atoms with Crippen molar-refractivity contribution in [3.63, 3.8) is 0 Å². The molecule has 1 unspecified atom stereocenters. The lowest BCUT2D eigenvalue weighted by Gasteiger charge is -2.23. The Bertz CT molecular complexity index is 561. The van der Waals surface area contributed by atoms with Crippen molar-refractivity contribution in [2.75, 3.05) is 26.0 Å². The molecule has 0 bridgehead atoms. The van der Waals surface area contributed by atoms with E-state index in [1.165, 1.54) is 32.2 Å². The van der Waals surface area contributed by atoms with Crippen LogP contribution < -0.4 is 10.5 Å². The van der Waals surface area contributed by atoms with Crippen LogP contribution in [0.1, 0.15) is 13.3 Å². The Kier molecular flexibility index (Phi) is 5.79. The molecule has 0 aliphatic heterocycles. The van der Waals surface area contributed by atoms with Gasteiger partial charge in [-0.3, -0.25) is 0 Å². The zero-order chi connectivity index (χ0) is 15.4. The number of aliphatic hydroxyl groups is 1. The summed E-state index contributed by atoms with van der Waals surface area (Å²) >= 11 is 5.86. The minimum atomic E-state index is -3.83. The molecule has 20 heavy (non-hydrogen) atoms. The van der Waals surface area contributed by atoms with E-state index in [-0.39, 0.29) is 16.5 Å². The predicted molar refractivity (Wildman–Crippen MR) is 78.2 cm³/mol. The van der Waals surface area contributed by atoms with E-state index in [1.807, 2.05) is 0 Å². The van der Waals surface area contributed by atoms with Gasteiger partial charge in [0, 0.05) is 32.4 Å². The molecule has 0 aliphatic carbocycles. The molecule has 0 aromatic heterocycles. The SMILES string of the molecule is COCCC(C)(O)CNS(=O)(=O)c1cc(N)ccc1Cl. The van der Waals surface area contributed by atoms with Gasteiger partial charge in [0.15, 0.2) is 0 Å². The largest absolute Gasteiger partial charge is 0.399 e. The zero-order valence-electron chi connectivity index (χ0n) is 11.4. The fourth-order valence-electron chi connectivity index (χ4n) is 1.46. The maximum absolute atomic E-state index is 12.1. The van der Waals surface area contributed by atoms with Gasteiger partial charge in [-0.25, -0.2) is 13.1 Å². The second-order valence-electron chi connectivity index (χ2n) is 4.75. The number of nitrogens with one attached hydrogen (secondary N) is 1. The highest BCUT2D eigenvalue weighted by atomic mass is 35.5.